The average Bonchev–Trinajstić information content (AvgIpc) is 3.47. The SMILES string of the molecule is CC1c2cc(NC(=O)Nc3cccc(NC(=O)NCCCCCCC#N)c3)ccc2-c2ccc(NC(=O)Nc3cccc(NC(=O)NCCCCCCC#N)c3)cc21. The first kappa shape index (κ1) is 42.1. The number of rotatable bonds is 18. The maximum atomic E-state index is 13.0. The van der Waals surface area contributed by atoms with E-state index in [4.69, 9.17) is 10.5 Å². The number of nitrogens with zero attached hydrogens (tertiary/aromatic N) is 2. The van der Waals surface area contributed by atoms with Crippen molar-refractivity contribution in [3.8, 4) is 23.3 Å². The summed E-state index contributed by atoms with van der Waals surface area (Å²) >= 11 is 0. The van der Waals surface area contributed by atoms with E-state index in [9.17, 15) is 19.2 Å². The highest BCUT2D eigenvalue weighted by Gasteiger charge is 2.26. The molecule has 5 rings (SSSR count). The van der Waals surface area contributed by atoms with Crippen molar-refractivity contribution in [3.05, 3.63) is 96.1 Å². The molecule has 0 saturated carbocycles. The van der Waals surface area contributed by atoms with Crippen molar-refractivity contribution in [2.45, 2.75) is 77.0 Å². The van der Waals surface area contributed by atoms with E-state index < -0.39 is 12.1 Å². The van der Waals surface area contributed by atoms with Crippen molar-refractivity contribution >= 4 is 58.2 Å². The first-order chi connectivity index (χ1) is 28.2. The molecule has 8 amide bonds. The maximum Gasteiger partial charge on any atom is 0.323 e. The van der Waals surface area contributed by atoms with Crippen LogP contribution >= 0.6 is 0 Å². The third-order valence-corrected chi connectivity index (χ3v) is 9.60. The number of anilines is 6. The number of carbonyl (C=O) groups excluding carboxylic acids is 4. The summed E-state index contributed by atoms with van der Waals surface area (Å²) in [5, 5.41) is 39.9. The molecule has 4 aromatic rings. The highest BCUT2D eigenvalue weighted by atomic mass is 16.2. The quantitative estimate of drug-likeness (QED) is 0.0460. The number of amides is 8. The Labute approximate surface area is 339 Å². The predicted octanol–water partition coefficient (Wildman–Crippen LogP) is 10.3. The Kier molecular flexibility index (Phi) is 15.9. The molecular weight excluding hydrogens is 733 g/mol. The lowest BCUT2D eigenvalue weighted by Gasteiger charge is -2.13. The van der Waals surface area contributed by atoms with Gasteiger partial charge in [0.05, 0.1) is 12.1 Å². The van der Waals surface area contributed by atoms with Gasteiger partial charge in [-0.15, -0.1) is 0 Å². The fraction of sp³-hybridized carbons (Fsp3) is 0.318. The smallest absolute Gasteiger partial charge is 0.323 e. The van der Waals surface area contributed by atoms with Crippen LogP contribution in [0.4, 0.5) is 53.3 Å². The topological polar surface area (TPSA) is 212 Å². The fourth-order valence-corrected chi connectivity index (χ4v) is 6.71. The summed E-state index contributed by atoms with van der Waals surface area (Å²) in [6.45, 7) is 3.14. The van der Waals surface area contributed by atoms with Gasteiger partial charge in [-0.3, -0.25) is 0 Å². The van der Waals surface area contributed by atoms with Crippen LogP contribution in [0, 0.1) is 22.7 Å². The van der Waals surface area contributed by atoms with Gasteiger partial charge in [-0.2, -0.15) is 10.5 Å². The lowest BCUT2D eigenvalue weighted by molar-refractivity contribution is 0.251. The van der Waals surface area contributed by atoms with Crippen LogP contribution in [0.1, 0.15) is 88.2 Å². The Bertz CT molecular complexity index is 2010. The Balaban J connectivity index is 1.08. The van der Waals surface area contributed by atoms with E-state index in [2.05, 4.69) is 61.6 Å². The van der Waals surface area contributed by atoms with Gasteiger partial charge >= 0.3 is 24.1 Å². The van der Waals surface area contributed by atoms with E-state index >= 15 is 0 Å². The van der Waals surface area contributed by atoms with Crippen LogP contribution in [0.15, 0.2) is 84.9 Å². The summed E-state index contributed by atoms with van der Waals surface area (Å²) in [6.07, 6.45) is 8.32. The number of hydrogen-bond acceptors (Lipinski definition) is 6. The van der Waals surface area contributed by atoms with Crippen molar-refractivity contribution in [1.29, 1.82) is 10.5 Å². The molecule has 0 saturated heterocycles. The zero-order chi connectivity index (χ0) is 41.1. The van der Waals surface area contributed by atoms with Crippen LogP contribution in [0.3, 0.4) is 0 Å². The summed E-state index contributed by atoms with van der Waals surface area (Å²) < 4.78 is 0. The molecule has 1 aliphatic carbocycles. The molecule has 0 atom stereocenters. The maximum absolute atomic E-state index is 13.0. The molecule has 0 aromatic heterocycles. The number of hydrogen-bond donors (Lipinski definition) is 8. The largest absolute Gasteiger partial charge is 0.338 e. The van der Waals surface area contributed by atoms with Gasteiger partial charge in [0.2, 0.25) is 0 Å². The van der Waals surface area contributed by atoms with E-state index in [1.165, 1.54) is 0 Å². The second-order valence-electron chi connectivity index (χ2n) is 14.1. The number of unbranched alkanes of at least 4 members (excludes halogenated alkanes) is 8. The van der Waals surface area contributed by atoms with Crippen LogP contribution < -0.4 is 42.5 Å². The van der Waals surface area contributed by atoms with Gasteiger partial charge < -0.3 is 42.5 Å². The molecule has 8 N–H and O–H groups in total. The minimum atomic E-state index is -0.432. The number of urea groups is 4. The molecule has 14 heteroatoms. The molecule has 300 valence electrons. The lowest BCUT2D eigenvalue weighted by atomic mass is 9.98. The number of fused-ring (bicyclic) bond motifs is 3. The fourth-order valence-electron chi connectivity index (χ4n) is 6.71. The first-order valence-corrected chi connectivity index (χ1v) is 19.7. The summed E-state index contributed by atoms with van der Waals surface area (Å²) in [5.74, 6) is -0.00505. The van der Waals surface area contributed by atoms with Crippen LogP contribution in [0.25, 0.3) is 11.1 Å². The molecule has 0 heterocycles. The van der Waals surface area contributed by atoms with Gasteiger partial charge in [0.1, 0.15) is 0 Å². The van der Waals surface area contributed by atoms with Gasteiger partial charge in [-0.05, 0) is 109 Å². The number of nitrogens with one attached hydrogen (secondary N) is 8. The zero-order valence-corrected chi connectivity index (χ0v) is 32.7. The van der Waals surface area contributed by atoms with Crippen molar-refractivity contribution in [2.24, 2.45) is 0 Å². The van der Waals surface area contributed by atoms with Crippen molar-refractivity contribution in [1.82, 2.24) is 10.6 Å². The standard InChI is InChI=1S/C44H50N10O4/c1-30-39-28-35(53-43(57)51-33-16-12-14-31(26-33)49-41(55)47-24-10-6-2-4-8-22-45)18-20-37(39)38-21-19-36(29-40(30)38)54-44(58)52-34-17-13-15-32(27-34)50-42(56)48-25-11-7-3-5-9-23-46/h12-21,26-30H,2-11,24-25H2,1H3,(H2,47,49,55)(H2,48,50,56)(H2,51,53,57)(H2,52,54,58). The van der Waals surface area contributed by atoms with Gasteiger partial charge in [0, 0.05) is 66.0 Å². The Morgan fingerprint density at radius 1 is 0.466 bits per heavy atom. The predicted molar refractivity (Wildman–Crippen MR) is 229 cm³/mol. The second-order valence-corrected chi connectivity index (χ2v) is 14.1. The van der Waals surface area contributed by atoms with Crippen molar-refractivity contribution in [2.75, 3.05) is 45.0 Å². The second kappa shape index (κ2) is 21.9. The molecule has 58 heavy (non-hydrogen) atoms. The Morgan fingerprint density at radius 3 is 1.19 bits per heavy atom. The normalized spacial score (nSPS) is 11.2. The molecule has 0 radical (unpaired) electrons. The van der Waals surface area contributed by atoms with E-state index in [-0.39, 0.29) is 18.0 Å². The number of nitriles is 2. The molecule has 1 aliphatic rings. The minimum absolute atomic E-state index is 0.00505. The van der Waals surface area contributed by atoms with Gasteiger partial charge in [0.15, 0.2) is 0 Å². The highest BCUT2D eigenvalue weighted by Crippen LogP contribution is 2.46. The molecular formula is C44H50N10O4. The third-order valence-electron chi connectivity index (χ3n) is 9.60. The molecule has 14 nitrogen and oxygen atoms in total. The lowest BCUT2D eigenvalue weighted by Crippen LogP contribution is -2.29. The Morgan fingerprint density at radius 2 is 0.810 bits per heavy atom. The van der Waals surface area contributed by atoms with Gasteiger partial charge in [-0.25, -0.2) is 19.2 Å². The van der Waals surface area contributed by atoms with Crippen LogP contribution in [-0.4, -0.2) is 37.2 Å². The molecule has 0 bridgehead atoms. The molecule has 4 aromatic carbocycles. The molecule has 0 spiro atoms. The van der Waals surface area contributed by atoms with Gasteiger partial charge in [-0.1, -0.05) is 56.9 Å². The molecule has 0 aliphatic heterocycles. The van der Waals surface area contributed by atoms with Crippen LogP contribution in [0.2, 0.25) is 0 Å². The summed E-state index contributed by atoms with van der Waals surface area (Å²) in [6, 6.07) is 28.1. The minimum Gasteiger partial charge on any atom is -0.338 e. The van der Waals surface area contributed by atoms with Crippen molar-refractivity contribution in [3.63, 3.8) is 0 Å². The van der Waals surface area contributed by atoms with E-state index in [0.29, 0.717) is 60.1 Å². The third kappa shape index (κ3) is 13.0. The zero-order valence-electron chi connectivity index (χ0n) is 32.7. The first-order valence-electron chi connectivity index (χ1n) is 19.7. The van der Waals surface area contributed by atoms with E-state index in [1.54, 1.807) is 48.5 Å². The Hall–Kier alpha value is -7.06. The summed E-state index contributed by atoms with van der Waals surface area (Å²) in [5.41, 5.74) is 7.50. The van der Waals surface area contributed by atoms with E-state index in [0.717, 1.165) is 73.6 Å². The number of benzene rings is 4. The molecule has 0 fully saturated rings. The highest BCUT2D eigenvalue weighted by molar-refractivity contribution is 6.02. The number of carbonyl (C=O) groups is 4. The van der Waals surface area contributed by atoms with Gasteiger partial charge in [0.25, 0.3) is 0 Å². The van der Waals surface area contributed by atoms with Crippen LogP contribution in [-0.2, 0) is 0 Å². The average molecular weight is 783 g/mol. The van der Waals surface area contributed by atoms with Crippen molar-refractivity contribution < 1.29 is 19.2 Å². The monoisotopic (exact) mass is 782 g/mol. The van der Waals surface area contributed by atoms with Crippen LogP contribution in [0.5, 0.6) is 0 Å². The summed E-state index contributed by atoms with van der Waals surface area (Å²) in [7, 11) is 0. The molecule has 0 unspecified atom stereocenters. The summed E-state index contributed by atoms with van der Waals surface area (Å²) in [4.78, 5) is 50.7. The van der Waals surface area contributed by atoms with E-state index in [1.807, 2.05) is 36.4 Å².